The number of aromatic hydroxyl groups is 1. The molecule has 6 nitrogen and oxygen atoms in total. The topological polar surface area (TPSA) is 87.6 Å². The van der Waals surface area contributed by atoms with E-state index in [2.05, 4.69) is 21.1 Å². The molecule has 3 fully saturated rings. The van der Waals surface area contributed by atoms with Gasteiger partial charge in [-0.1, -0.05) is 0 Å². The van der Waals surface area contributed by atoms with Crippen LogP contribution in [0, 0.1) is 23.7 Å². The Kier molecular flexibility index (Phi) is 3.04. The Labute approximate surface area is 157 Å². The van der Waals surface area contributed by atoms with Crippen molar-refractivity contribution in [3.63, 3.8) is 0 Å². The molecule has 142 valence electrons. The second-order valence-electron chi connectivity index (χ2n) is 7.87. The number of phenolic OH excluding ortho intramolecular Hbond substituents is 1. The summed E-state index contributed by atoms with van der Waals surface area (Å²) in [6.07, 6.45) is 0.940. The maximum absolute atomic E-state index is 12.9. The number of phenols is 1. The highest BCUT2D eigenvalue weighted by Crippen LogP contribution is 2.70. The van der Waals surface area contributed by atoms with Gasteiger partial charge in [-0.3, -0.25) is 4.68 Å². The van der Waals surface area contributed by atoms with Crippen molar-refractivity contribution >= 4 is 11.2 Å². The summed E-state index contributed by atoms with van der Waals surface area (Å²) >= 11 is 0. The van der Waals surface area contributed by atoms with Gasteiger partial charge < -0.3 is 5.11 Å². The van der Waals surface area contributed by atoms with Crippen LogP contribution in [0.2, 0.25) is 0 Å². The Bertz CT molecular complexity index is 1150. The zero-order valence-corrected chi connectivity index (χ0v) is 14.7. The maximum Gasteiger partial charge on any atom is 0.416 e. The molecule has 3 aliphatic carbocycles. The first-order chi connectivity index (χ1) is 13.1. The quantitative estimate of drug-likeness (QED) is 0.722. The molecule has 0 radical (unpaired) electrons. The van der Waals surface area contributed by atoms with Gasteiger partial charge in [-0.05, 0) is 43.9 Å². The zero-order chi connectivity index (χ0) is 19.9. The molecule has 3 aliphatic rings. The van der Waals surface area contributed by atoms with Gasteiger partial charge in [-0.2, -0.15) is 23.5 Å². The SMILES string of the molecule is Cc1cc(C(F)(F)F)cc(O)c1-c1cnc2cn(C34CC(C#N)(C3)C4)nc2n1. The third kappa shape index (κ3) is 2.17. The predicted octanol–water partition coefficient (Wildman–Crippen LogP) is 3.93. The van der Waals surface area contributed by atoms with Gasteiger partial charge in [0.1, 0.15) is 11.3 Å². The monoisotopic (exact) mass is 385 g/mol. The van der Waals surface area contributed by atoms with Crippen LogP contribution in [0.1, 0.15) is 30.4 Å². The fourth-order valence-electron chi connectivity index (χ4n) is 4.52. The van der Waals surface area contributed by atoms with Crippen LogP contribution in [0.25, 0.3) is 22.4 Å². The maximum atomic E-state index is 12.9. The minimum absolute atomic E-state index is 0.148. The molecule has 3 aromatic rings. The molecule has 9 heteroatoms. The van der Waals surface area contributed by atoms with E-state index in [-0.39, 0.29) is 27.8 Å². The highest BCUT2D eigenvalue weighted by Gasteiger charge is 2.70. The van der Waals surface area contributed by atoms with Gasteiger partial charge in [-0.25, -0.2) is 9.97 Å². The van der Waals surface area contributed by atoms with E-state index >= 15 is 0 Å². The average Bonchev–Trinajstić information content (AvgIpc) is 2.94. The number of fused-ring (bicyclic) bond motifs is 1. The Morgan fingerprint density at radius 1 is 1.25 bits per heavy atom. The summed E-state index contributed by atoms with van der Waals surface area (Å²) in [6.45, 7) is 1.48. The molecule has 0 aliphatic heterocycles. The van der Waals surface area contributed by atoms with E-state index in [1.807, 2.05) is 0 Å². The second kappa shape index (κ2) is 5.01. The minimum atomic E-state index is -4.54. The summed E-state index contributed by atoms with van der Waals surface area (Å²) in [6, 6.07) is 4.02. The largest absolute Gasteiger partial charge is 0.507 e. The standard InChI is InChI=1S/C19H14F3N5O/c1-10-2-11(19(20,21)22)3-14(28)15(10)12-4-24-13-5-27(26-16(13)25-12)18-6-17(7-18,8-18)9-23/h2-5,28H,6-8H2,1H3. The lowest BCUT2D eigenvalue weighted by molar-refractivity contribution is -0.152. The first kappa shape index (κ1) is 17.0. The molecule has 0 atom stereocenters. The van der Waals surface area contributed by atoms with E-state index in [4.69, 9.17) is 0 Å². The highest BCUT2D eigenvalue weighted by atomic mass is 19.4. The third-order valence-corrected chi connectivity index (χ3v) is 5.85. The van der Waals surface area contributed by atoms with Gasteiger partial charge in [0, 0.05) is 5.56 Å². The van der Waals surface area contributed by atoms with Crippen LogP contribution in [-0.4, -0.2) is 24.9 Å². The number of benzene rings is 1. The normalized spacial score (nSPS) is 25.8. The van der Waals surface area contributed by atoms with Crippen LogP contribution >= 0.6 is 0 Å². The van der Waals surface area contributed by atoms with Crippen molar-refractivity contribution in [2.24, 2.45) is 5.41 Å². The van der Waals surface area contributed by atoms with Crippen LogP contribution in [0.4, 0.5) is 13.2 Å². The molecule has 2 bridgehead atoms. The van der Waals surface area contributed by atoms with Gasteiger partial charge >= 0.3 is 6.18 Å². The Hall–Kier alpha value is -3.15. The van der Waals surface area contributed by atoms with Gasteiger partial charge in [0.15, 0.2) is 5.65 Å². The van der Waals surface area contributed by atoms with Crippen molar-refractivity contribution in [1.29, 1.82) is 5.26 Å². The number of aromatic nitrogens is 4. The lowest BCUT2D eigenvalue weighted by Gasteiger charge is -2.66. The van der Waals surface area contributed by atoms with E-state index < -0.39 is 17.5 Å². The Balaban J connectivity index is 1.54. The summed E-state index contributed by atoms with van der Waals surface area (Å²) in [7, 11) is 0. The average molecular weight is 385 g/mol. The molecule has 1 aromatic carbocycles. The number of alkyl halides is 3. The van der Waals surface area contributed by atoms with Gasteiger partial charge in [-0.15, -0.1) is 0 Å². The van der Waals surface area contributed by atoms with Crippen molar-refractivity contribution in [3.05, 3.63) is 35.7 Å². The van der Waals surface area contributed by atoms with E-state index in [9.17, 15) is 23.5 Å². The Morgan fingerprint density at radius 2 is 1.96 bits per heavy atom. The second-order valence-corrected chi connectivity index (χ2v) is 7.87. The van der Waals surface area contributed by atoms with Crippen molar-refractivity contribution in [1.82, 2.24) is 19.7 Å². The molecule has 0 saturated heterocycles. The first-order valence-electron chi connectivity index (χ1n) is 8.70. The molecule has 2 aromatic heterocycles. The third-order valence-electron chi connectivity index (χ3n) is 5.85. The van der Waals surface area contributed by atoms with E-state index in [0.717, 1.165) is 25.3 Å². The summed E-state index contributed by atoms with van der Waals surface area (Å²) in [4.78, 5) is 8.72. The fourth-order valence-corrected chi connectivity index (χ4v) is 4.52. The molecular formula is C19H14F3N5O. The number of rotatable bonds is 2. The fraction of sp³-hybridized carbons (Fsp3) is 0.368. The number of hydrogen-bond donors (Lipinski definition) is 1. The lowest BCUT2D eigenvalue weighted by atomic mass is 9.40. The molecule has 1 N–H and O–H groups in total. The summed E-state index contributed by atoms with van der Waals surface area (Å²) in [5, 5.41) is 23.8. The van der Waals surface area contributed by atoms with Crippen LogP contribution in [0.3, 0.4) is 0 Å². The van der Waals surface area contributed by atoms with Crippen molar-refractivity contribution in [3.8, 4) is 23.1 Å². The summed E-state index contributed by atoms with van der Waals surface area (Å²) in [5.41, 5.74) is 0.335. The van der Waals surface area contributed by atoms with Gasteiger partial charge in [0.25, 0.3) is 0 Å². The number of aryl methyl sites for hydroxylation is 1. The molecule has 0 unspecified atom stereocenters. The lowest BCUT2D eigenvalue weighted by Crippen LogP contribution is -2.67. The smallest absolute Gasteiger partial charge is 0.416 e. The molecule has 0 amide bonds. The van der Waals surface area contributed by atoms with Crippen molar-refractivity contribution in [2.45, 2.75) is 37.9 Å². The molecule has 2 heterocycles. The van der Waals surface area contributed by atoms with Crippen LogP contribution in [0.5, 0.6) is 5.75 Å². The summed E-state index contributed by atoms with van der Waals surface area (Å²) in [5.74, 6) is -0.504. The summed E-state index contributed by atoms with van der Waals surface area (Å²) < 4.78 is 40.6. The predicted molar refractivity (Wildman–Crippen MR) is 92.0 cm³/mol. The van der Waals surface area contributed by atoms with E-state index in [1.54, 1.807) is 10.9 Å². The Morgan fingerprint density at radius 3 is 2.57 bits per heavy atom. The zero-order valence-electron chi connectivity index (χ0n) is 14.7. The molecule has 3 saturated carbocycles. The highest BCUT2D eigenvalue weighted by molar-refractivity contribution is 5.77. The first-order valence-corrected chi connectivity index (χ1v) is 8.70. The molecule has 0 spiro atoms. The molecule has 6 rings (SSSR count). The van der Waals surface area contributed by atoms with E-state index in [0.29, 0.717) is 17.2 Å². The van der Waals surface area contributed by atoms with E-state index in [1.165, 1.54) is 13.1 Å². The van der Waals surface area contributed by atoms with Gasteiger partial charge in [0.05, 0.1) is 40.7 Å². The molecular weight excluding hydrogens is 371 g/mol. The van der Waals surface area contributed by atoms with Gasteiger partial charge in [0.2, 0.25) is 0 Å². The van der Waals surface area contributed by atoms with Crippen LogP contribution in [-0.2, 0) is 11.7 Å². The number of hydrogen-bond acceptors (Lipinski definition) is 5. The minimum Gasteiger partial charge on any atom is -0.507 e. The van der Waals surface area contributed by atoms with Crippen LogP contribution < -0.4 is 0 Å². The van der Waals surface area contributed by atoms with Crippen molar-refractivity contribution < 1.29 is 18.3 Å². The molecule has 28 heavy (non-hydrogen) atoms. The number of nitrogens with zero attached hydrogens (tertiary/aromatic N) is 5. The number of nitriles is 1. The number of halogens is 3. The van der Waals surface area contributed by atoms with Crippen molar-refractivity contribution in [2.75, 3.05) is 0 Å². The van der Waals surface area contributed by atoms with Crippen LogP contribution in [0.15, 0.2) is 24.5 Å².